The van der Waals surface area contributed by atoms with Gasteiger partial charge in [-0.1, -0.05) is 152 Å². The van der Waals surface area contributed by atoms with Crippen LogP contribution in [0.15, 0.2) is 194 Å². The minimum Gasteiger partial charge on any atom is -0.309 e. The number of fused-ring (bicyclic) bond motifs is 13. The van der Waals surface area contributed by atoms with Gasteiger partial charge in [-0.05, 0) is 59.0 Å². The standard InChI is InChI=1S/C54H32N4/c1-2-12-33(13-3-1)34-22-24-36(25-23-34)50-51(56-46-19-9-8-18-45(46)55-50)37-26-29-38(30-27-37)57-47-20-10-6-16-40(47)43-32-44-41-17-7-11-21-48(41)58-52-39-15-5-4-14-35(39)28-31-42(52)49(53(43)57)54(44)58/h1-32H. The molecule has 0 aliphatic heterocycles. The van der Waals surface area contributed by atoms with E-state index in [0.29, 0.717) is 0 Å². The molecule has 0 aliphatic rings. The number of nitrogens with zero attached hydrogens (tertiary/aromatic N) is 4. The second kappa shape index (κ2) is 11.8. The predicted octanol–water partition coefficient (Wildman–Crippen LogP) is 14.0. The molecule has 0 unspecified atom stereocenters. The van der Waals surface area contributed by atoms with E-state index < -0.39 is 0 Å². The van der Waals surface area contributed by atoms with Gasteiger partial charge in [-0.2, -0.15) is 0 Å². The van der Waals surface area contributed by atoms with E-state index in [2.05, 4.69) is 179 Å². The molecule has 268 valence electrons. The van der Waals surface area contributed by atoms with Crippen molar-refractivity contribution in [3.8, 4) is 39.3 Å². The third kappa shape index (κ3) is 4.34. The van der Waals surface area contributed by atoms with E-state index in [1.54, 1.807) is 0 Å². The third-order valence-electron chi connectivity index (χ3n) is 12.2. The lowest BCUT2D eigenvalue weighted by atomic mass is 9.99. The van der Waals surface area contributed by atoms with Crippen LogP contribution < -0.4 is 0 Å². The van der Waals surface area contributed by atoms with E-state index in [-0.39, 0.29) is 0 Å². The van der Waals surface area contributed by atoms with Gasteiger partial charge in [-0.3, -0.25) is 0 Å². The van der Waals surface area contributed by atoms with Crippen LogP contribution in [0, 0.1) is 0 Å². The predicted molar refractivity (Wildman–Crippen MR) is 242 cm³/mol. The molecule has 0 N–H and O–H groups in total. The maximum Gasteiger partial charge on any atom is 0.0973 e. The summed E-state index contributed by atoms with van der Waals surface area (Å²) in [6.45, 7) is 0. The quantitative estimate of drug-likeness (QED) is 0.180. The van der Waals surface area contributed by atoms with Gasteiger partial charge in [-0.15, -0.1) is 0 Å². The van der Waals surface area contributed by atoms with Crippen molar-refractivity contribution in [1.29, 1.82) is 0 Å². The van der Waals surface area contributed by atoms with Crippen LogP contribution in [0.3, 0.4) is 0 Å². The maximum atomic E-state index is 5.26. The SMILES string of the molecule is c1ccc(-c2ccc(-c3nc4ccccc4nc3-c3ccc(-n4c5ccccc5c5cc6c7ccccc7n7c8c9ccccc9ccc8c(c54)c67)cc3)cc2)cc1. The average molecular weight is 737 g/mol. The smallest absolute Gasteiger partial charge is 0.0973 e. The topological polar surface area (TPSA) is 35.1 Å². The van der Waals surface area contributed by atoms with Crippen molar-refractivity contribution in [2.75, 3.05) is 0 Å². The fourth-order valence-corrected chi connectivity index (χ4v) is 9.65. The molecule has 0 aliphatic carbocycles. The Morgan fingerprint density at radius 3 is 1.59 bits per heavy atom. The zero-order valence-corrected chi connectivity index (χ0v) is 31.3. The molecule has 4 nitrogen and oxygen atoms in total. The first-order chi connectivity index (χ1) is 28.8. The molecule has 0 atom stereocenters. The molecule has 0 saturated heterocycles. The van der Waals surface area contributed by atoms with Gasteiger partial charge >= 0.3 is 0 Å². The summed E-state index contributed by atoms with van der Waals surface area (Å²) in [6.07, 6.45) is 0. The molecular weight excluding hydrogens is 705 g/mol. The second-order valence-corrected chi connectivity index (χ2v) is 15.3. The highest BCUT2D eigenvalue weighted by Crippen LogP contribution is 2.48. The van der Waals surface area contributed by atoms with Crippen molar-refractivity contribution in [3.63, 3.8) is 0 Å². The number of benzene rings is 9. The molecule has 9 aromatic carbocycles. The lowest BCUT2D eigenvalue weighted by Crippen LogP contribution is -1.97. The lowest BCUT2D eigenvalue weighted by molar-refractivity contribution is 1.19. The van der Waals surface area contributed by atoms with E-state index >= 15 is 0 Å². The Morgan fingerprint density at radius 1 is 0.328 bits per heavy atom. The van der Waals surface area contributed by atoms with E-state index in [9.17, 15) is 0 Å². The molecule has 0 amide bonds. The number of rotatable bonds is 4. The Morgan fingerprint density at radius 2 is 0.862 bits per heavy atom. The summed E-state index contributed by atoms with van der Waals surface area (Å²) >= 11 is 0. The van der Waals surface area contributed by atoms with E-state index in [4.69, 9.17) is 9.97 Å². The molecule has 4 aromatic heterocycles. The van der Waals surface area contributed by atoms with Gasteiger partial charge in [-0.25, -0.2) is 9.97 Å². The van der Waals surface area contributed by atoms with Crippen LogP contribution in [0.5, 0.6) is 0 Å². The number of hydrogen-bond donors (Lipinski definition) is 0. The molecule has 4 heteroatoms. The Hall–Kier alpha value is -7.82. The Kier molecular flexibility index (Phi) is 6.41. The summed E-state index contributed by atoms with van der Waals surface area (Å²) < 4.78 is 5.00. The lowest BCUT2D eigenvalue weighted by Gasteiger charge is -2.13. The monoisotopic (exact) mass is 736 g/mol. The molecular formula is C54H32N4. The normalized spacial score (nSPS) is 12.1. The first-order valence-electron chi connectivity index (χ1n) is 19.8. The summed E-state index contributed by atoms with van der Waals surface area (Å²) in [6, 6.07) is 69.8. The molecule has 13 aromatic rings. The summed E-state index contributed by atoms with van der Waals surface area (Å²) in [5.74, 6) is 0. The van der Waals surface area contributed by atoms with Crippen LogP contribution in [-0.2, 0) is 0 Å². The van der Waals surface area contributed by atoms with E-state index in [0.717, 1.165) is 39.2 Å². The van der Waals surface area contributed by atoms with E-state index in [1.807, 2.05) is 24.3 Å². The Labute approximate surface area is 332 Å². The molecule has 0 spiro atoms. The van der Waals surface area contributed by atoms with Crippen molar-refractivity contribution < 1.29 is 0 Å². The van der Waals surface area contributed by atoms with Crippen LogP contribution in [0.25, 0.3) is 121 Å². The minimum atomic E-state index is 0.866. The Balaban J connectivity index is 1.06. The van der Waals surface area contributed by atoms with Crippen LogP contribution in [0.4, 0.5) is 0 Å². The molecule has 0 radical (unpaired) electrons. The van der Waals surface area contributed by atoms with Crippen LogP contribution >= 0.6 is 0 Å². The zero-order chi connectivity index (χ0) is 37.9. The maximum absolute atomic E-state index is 5.26. The minimum absolute atomic E-state index is 0.866. The van der Waals surface area contributed by atoms with Gasteiger partial charge in [0.25, 0.3) is 0 Å². The van der Waals surface area contributed by atoms with Crippen molar-refractivity contribution in [2.45, 2.75) is 0 Å². The molecule has 4 heterocycles. The highest BCUT2D eigenvalue weighted by atomic mass is 15.0. The zero-order valence-electron chi connectivity index (χ0n) is 31.3. The van der Waals surface area contributed by atoms with Gasteiger partial charge in [0.2, 0.25) is 0 Å². The summed E-state index contributed by atoms with van der Waals surface area (Å²) in [5, 5.41) is 10.1. The van der Waals surface area contributed by atoms with Crippen molar-refractivity contribution >= 4 is 81.7 Å². The number of aromatic nitrogens is 4. The van der Waals surface area contributed by atoms with Crippen molar-refractivity contribution in [2.24, 2.45) is 0 Å². The molecule has 0 bridgehead atoms. The van der Waals surface area contributed by atoms with Crippen molar-refractivity contribution in [1.82, 2.24) is 18.9 Å². The van der Waals surface area contributed by atoms with Crippen molar-refractivity contribution in [3.05, 3.63) is 194 Å². The fraction of sp³-hybridized carbons (Fsp3) is 0. The van der Waals surface area contributed by atoms with Crippen LogP contribution in [0.1, 0.15) is 0 Å². The highest BCUT2D eigenvalue weighted by Gasteiger charge is 2.25. The van der Waals surface area contributed by atoms with Gasteiger partial charge in [0, 0.05) is 54.5 Å². The molecule has 0 fully saturated rings. The van der Waals surface area contributed by atoms with Gasteiger partial charge < -0.3 is 8.97 Å². The van der Waals surface area contributed by atoms with Crippen LogP contribution in [0.2, 0.25) is 0 Å². The Bertz CT molecular complexity index is 3760. The van der Waals surface area contributed by atoms with Crippen LogP contribution in [-0.4, -0.2) is 18.9 Å². The van der Waals surface area contributed by atoms with Gasteiger partial charge in [0.15, 0.2) is 0 Å². The first-order valence-corrected chi connectivity index (χ1v) is 19.8. The summed E-state index contributed by atoms with van der Waals surface area (Å²) in [5.41, 5.74) is 15.2. The summed E-state index contributed by atoms with van der Waals surface area (Å²) in [4.78, 5) is 10.5. The fourth-order valence-electron chi connectivity index (χ4n) is 9.65. The van der Waals surface area contributed by atoms with Gasteiger partial charge in [0.1, 0.15) is 0 Å². The summed E-state index contributed by atoms with van der Waals surface area (Å²) in [7, 11) is 0. The van der Waals surface area contributed by atoms with E-state index in [1.165, 1.54) is 81.8 Å². The largest absolute Gasteiger partial charge is 0.309 e. The molecule has 13 rings (SSSR count). The second-order valence-electron chi connectivity index (χ2n) is 15.3. The average Bonchev–Trinajstić information content (AvgIpc) is 3.94. The number of hydrogen-bond acceptors (Lipinski definition) is 2. The highest BCUT2D eigenvalue weighted by molar-refractivity contribution is 6.36. The first kappa shape index (κ1) is 31.4. The molecule has 0 saturated carbocycles. The third-order valence-corrected chi connectivity index (χ3v) is 12.2. The molecule has 58 heavy (non-hydrogen) atoms. The number of para-hydroxylation sites is 4. The van der Waals surface area contributed by atoms with Gasteiger partial charge in [0.05, 0.1) is 50.0 Å².